The second-order valence-corrected chi connectivity index (χ2v) is 5.85. The molecular formula is C17H21N3O2. The molecule has 0 radical (unpaired) electrons. The minimum absolute atomic E-state index is 0.00757. The second kappa shape index (κ2) is 5.83. The highest BCUT2D eigenvalue weighted by Crippen LogP contribution is 2.34. The minimum atomic E-state index is -0.0661. The summed E-state index contributed by atoms with van der Waals surface area (Å²) in [7, 11) is 1.83. The van der Waals surface area contributed by atoms with E-state index in [1.807, 2.05) is 32.2 Å². The number of allylic oxidation sites excluding steroid dienone is 1. The van der Waals surface area contributed by atoms with Gasteiger partial charge in [-0.2, -0.15) is 0 Å². The van der Waals surface area contributed by atoms with E-state index in [9.17, 15) is 4.79 Å². The van der Waals surface area contributed by atoms with Crippen LogP contribution in [0.25, 0.3) is 0 Å². The Morgan fingerprint density at radius 2 is 2.14 bits per heavy atom. The number of nitrogens with one attached hydrogen (secondary N) is 2. The Morgan fingerprint density at radius 3 is 2.82 bits per heavy atom. The molecular weight excluding hydrogens is 278 g/mol. The van der Waals surface area contributed by atoms with E-state index in [2.05, 4.69) is 5.32 Å². The van der Waals surface area contributed by atoms with Crippen molar-refractivity contribution in [2.24, 2.45) is 0 Å². The van der Waals surface area contributed by atoms with Gasteiger partial charge in [0.2, 0.25) is 0 Å². The van der Waals surface area contributed by atoms with Crippen LogP contribution in [0, 0.1) is 12.3 Å². The van der Waals surface area contributed by atoms with Gasteiger partial charge >= 0.3 is 0 Å². The van der Waals surface area contributed by atoms with E-state index in [0.717, 1.165) is 29.7 Å². The third kappa shape index (κ3) is 2.98. The highest BCUT2D eigenvalue weighted by Gasteiger charge is 2.31. The first kappa shape index (κ1) is 14.6. The largest absolute Gasteiger partial charge is 0.482 e. The van der Waals surface area contributed by atoms with Crippen molar-refractivity contribution in [3.8, 4) is 5.75 Å². The average molecular weight is 299 g/mol. The number of hydrogen-bond donors (Lipinski definition) is 2. The zero-order chi connectivity index (χ0) is 15.7. The number of benzene rings is 1. The lowest BCUT2D eigenvalue weighted by Gasteiger charge is -2.16. The van der Waals surface area contributed by atoms with Gasteiger partial charge in [0, 0.05) is 13.6 Å². The molecule has 0 spiro atoms. The lowest BCUT2D eigenvalue weighted by Crippen LogP contribution is -2.33. The molecule has 5 heteroatoms. The van der Waals surface area contributed by atoms with E-state index in [4.69, 9.17) is 10.1 Å². The van der Waals surface area contributed by atoms with Gasteiger partial charge in [0.1, 0.15) is 5.75 Å². The topological polar surface area (TPSA) is 65.4 Å². The number of carbonyl (C=O) groups is 1. The molecule has 0 bridgehead atoms. The highest BCUT2D eigenvalue weighted by molar-refractivity contribution is 6.05. The fraction of sp³-hybridized carbons (Fsp3) is 0.412. The van der Waals surface area contributed by atoms with Gasteiger partial charge in [0.25, 0.3) is 5.91 Å². The molecule has 1 heterocycles. The molecule has 1 saturated heterocycles. The van der Waals surface area contributed by atoms with Gasteiger partial charge in [-0.15, -0.1) is 0 Å². The zero-order valence-corrected chi connectivity index (χ0v) is 13.0. The van der Waals surface area contributed by atoms with Crippen LogP contribution < -0.4 is 10.1 Å². The number of anilines is 1. The summed E-state index contributed by atoms with van der Waals surface area (Å²) in [6, 6.07) is 5.82. The SMILES string of the molecule is CNc1cc(C)ccc1OCC(=O)N1CC(=N)C(=C2CC2)C1. The maximum absolute atomic E-state index is 12.3. The van der Waals surface area contributed by atoms with Gasteiger partial charge in [0.05, 0.1) is 17.9 Å². The van der Waals surface area contributed by atoms with Gasteiger partial charge < -0.3 is 20.4 Å². The Hall–Kier alpha value is -2.30. The van der Waals surface area contributed by atoms with Crippen LogP contribution in [-0.2, 0) is 4.79 Å². The summed E-state index contributed by atoms with van der Waals surface area (Å²) in [5.41, 5.74) is 5.02. The van der Waals surface area contributed by atoms with E-state index in [0.29, 0.717) is 24.6 Å². The number of amides is 1. The Labute approximate surface area is 130 Å². The molecule has 1 aromatic rings. The summed E-state index contributed by atoms with van der Waals surface area (Å²) in [6.07, 6.45) is 2.18. The van der Waals surface area contributed by atoms with Crippen LogP contribution in [0.3, 0.4) is 0 Å². The van der Waals surface area contributed by atoms with Gasteiger partial charge in [-0.3, -0.25) is 4.79 Å². The van der Waals surface area contributed by atoms with Gasteiger partial charge in [-0.25, -0.2) is 0 Å². The molecule has 0 unspecified atom stereocenters. The summed E-state index contributed by atoms with van der Waals surface area (Å²) in [5.74, 6) is 0.611. The number of likely N-dealkylation sites (tertiary alicyclic amines) is 1. The van der Waals surface area contributed by atoms with Crippen molar-refractivity contribution in [2.45, 2.75) is 19.8 Å². The lowest BCUT2D eigenvalue weighted by atomic mass is 10.2. The summed E-state index contributed by atoms with van der Waals surface area (Å²) < 4.78 is 5.66. The first-order valence-electron chi connectivity index (χ1n) is 7.56. The van der Waals surface area contributed by atoms with E-state index >= 15 is 0 Å². The van der Waals surface area contributed by atoms with Crippen LogP contribution in [0.15, 0.2) is 29.3 Å². The van der Waals surface area contributed by atoms with Crippen molar-refractivity contribution in [3.05, 3.63) is 34.9 Å². The smallest absolute Gasteiger partial charge is 0.261 e. The normalized spacial score (nSPS) is 17.0. The van der Waals surface area contributed by atoms with Crippen molar-refractivity contribution < 1.29 is 9.53 Å². The number of aryl methyl sites for hydroxylation is 1. The molecule has 2 fully saturated rings. The van der Waals surface area contributed by atoms with E-state index in [1.54, 1.807) is 4.90 Å². The van der Waals surface area contributed by atoms with Crippen LogP contribution in [0.5, 0.6) is 5.75 Å². The second-order valence-electron chi connectivity index (χ2n) is 5.85. The van der Waals surface area contributed by atoms with Crippen LogP contribution >= 0.6 is 0 Å². The minimum Gasteiger partial charge on any atom is -0.482 e. The monoisotopic (exact) mass is 299 g/mol. The first-order valence-corrected chi connectivity index (χ1v) is 7.56. The molecule has 2 N–H and O–H groups in total. The summed E-state index contributed by atoms with van der Waals surface area (Å²) >= 11 is 0. The Morgan fingerprint density at radius 1 is 1.36 bits per heavy atom. The molecule has 1 saturated carbocycles. The first-order chi connectivity index (χ1) is 10.6. The van der Waals surface area contributed by atoms with Crippen molar-refractivity contribution in [3.63, 3.8) is 0 Å². The predicted octanol–water partition coefficient (Wildman–Crippen LogP) is 2.37. The van der Waals surface area contributed by atoms with E-state index in [1.165, 1.54) is 5.57 Å². The van der Waals surface area contributed by atoms with Gasteiger partial charge in [0.15, 0.2) is 6.61 Å². The van der Waals surface area contributed by atoms with Crippen molar-refractivity contribution >= 4 is 17.3 Å². The highest BCUT2D eigenvalue weighted by atomic mass is 16.5. The summed E-state index contributed by atoms with van der Waals surface area (Å²) in [4.78, 5) is 14.0. The van der Waals surface area contributed by atoms with Gasteiger partial charge in [-0.1, -0.05) is 11.6 Å². The fourth-order valence-corrected chi connectivity index (χ4v) is 2.69. The third-order valence-electron chi connectivity index (χ3n) is 4.10. The van der Waals surface area contributed by atoms with E-state index in [-0.39, 0.29) is 12.5 Å². The predicted molar refractivity (Wildman–Crippen MR) is 86.8 cm³/mol. The Bertz CT molecular complexity index is 658. The molecule has 1 aromatic carbocycles. The van der Waals surface area contributed by atoms with Crippen LogP contribution in [0.4, 0.5) is 5.69 Å². The van der Waals surface area contributed by atoms with Crippen molar-refractivity contribution in [2.75, 3.05) is 32.1 Å². The van der Waals surface area contributed by atoms with Crippen LogP contribution in [0.2, 0.25) is 0 Å². The maximum atomic E-state index is 12.3. The standard InChI is InChI=1S/C17H21N3O2/c1-11-3-6-16(15(7-11)19-2)22-10-17(21)20-8-13(12-4-5-12)14(18)9-20/h3,6-7,18-19H,4-5,8-10H2,1-2H3. The molecule has 1 aliphatic carbocycles. The molecule has 1 amide bonds. The number of rotatable bonds is 4. The number of carbonyl (C=O) groups excluding carboxylic acids is 1. The van der Waals surface area contributed by atoms with Crippen molar-refractivity contribution in [1.82, 2.24) is 4.90 Å². The third-order valence-corrected chi connectivity index (χ3v) is 4.10. The summed E-state index contributed by atoms with van der Waals surface area (Å²) in [6.45, 7) is 3.00. The van der Waals surface area contributed by atoms with E-state index < -0.39 is 0 Å². The Kier molecular flexibility index (Phi) is 3.88. The quantitative estimate of drug-likeness (QED) is 0.897. The van der Waals surface area contributed by atoms with Crippen molar-refractivity contribution in [1.29, 1.82) is 5.41 Å². The van der Waals surface area contributed by atoms with Gasteiger partial charge in [-0.05, 0) is 43.0 Å². The fourth-order valence-electron chi connectivity index (χ4n) is 2.69. The average Bonchev–Trinajstić information content (AvgIpc) is 3.28. The zero-order valence-electron chi connectivity index (χ0n) is 13.0. The molecule has 116 valence electrons. The van der Waals surface area contributed by atoms with Crippen LogP contribution in [-0.4, -0.2) is 43.3 Å². The summed E-state index contributed by atoms with van der Waals surface area (Å²) in [5, 5.41) is 11.1. The molecule has 3 rings (SSSR count). The lowest BCUT2D eigenvalue weighted by molar-refractivity contribution is -0.131. The molecule has 22 heavy (non-hydrogen) atoms. The maximum Gasteiger partial charge on any atom is 0.261 e. The Balaban J connectivity index is 1.61. The molecule has 5 nitrogen and oxygen atoms in total. The number of hydrogen-bond acceptors (Lipinski definition) is 4. The van der Waals surface area contributed by atoms with Crippen LogP contribution in [0.1, 0.15) is 18.4 Å². The molecule has 1 aliphatic heterocycles. The molecule has 2 aliphatic rings. The molecule has 0 atom stereocenters. The number of ether oxygens (including phenoxy) is 1. The molecule has 0 aromatic heterocycles. The number of nitrogens with zero attached hydrogens (tertiary/aromatic N) is 1.